The molecule has 1 unspecified atom stereocenters. The summed E-state index contributed by atoms with van der Waals surface area (Å²) in [4.78, 5) is 21.0. The van der Waals surface area contributed by atoms with Gasteiger partial charge >= 0.3 is 0 Å². The van der Waals surface area contributed by atoms with Crippen molar-refractivity contribution in [3.8, 4) is 21.1 Å². The third kappa shape index (κ3) is 5.02. The number of carbonyl (C=O) groups is 1. The molecule has 3 aromatic heterocycles. The van der Waals surface area contributed by atoms with Gasteiger partial charge in [0.25, 0.3) is 0 Å². The molecule has 174 valence electrons. The first-order valence-electron chi connectivity index (χ1n) is 11.0. The summed E-state index contributed by atoms with van der Waals surface area (Å²) in [5.74, 6) is 1.68. The van der Waals surface area contributed by atoms with E-state index in [1.807, 2.05) is 24.3 Å². The zero-order valence-electron chi connectivity index (χ0n) is 18.5. The highest BCUT2D eigenvalue weighted by Crippen LogP contribution is 2.42. The second-order valence-electron chi connectivity index (χ2n) is 8.26. The molecule has 0 spiro atoms. The van der Waals surface area contributed by atoms with Crippen LogP contribution in [0.3, 0.4) is 0 Å². The molecule has 1 aliphatic rings. The van der Waals surface area contributed by atoms with Gasteiger partial charge in [0.2, 0.25) is 5.91 Å². The predicted octanol–water partition coefficient (Wildman–Crippen LogP) is 4.11. The van der Waals surface area contributed by atoms with E-state index in [4.69, 9.17) is 11.6 Å². The fourth-order valence-electron chi connectivity index (χ4n) is 3.94. The van der Waals surface area contributed by atoms with Gasteiger partial charge in [-0.1, -0.05) is 23.7 Å². The van der Waals surface area contributed by atoms with E-state index in [0.717, 1.165) is 46.1 Å². The maximum atomic E-state index is 11.5. The Kier molecular flexibility index (Phi) is 6.68. The van der Waals surface area contributed by atoms with Crippen LogP contribution in [0.5, 0.6) is 0 Å². The molecule has 1 atom stereocenters. The van der Waals surface area contributed by atoms with Crippen molar-refractivity contribution >= 4 is 34.7 Å². The summed E-state index contributed by atoms with van der Waals surface area (Å²) in [6.45, 7) is 4.41. The molecule has 0 saturated carbocycles. The second-order valence-corrected chi connectivity index (χ2v) is 9.75. The van der Waals surface area contributed by atoms with Gasteiger partial charge in [0.1, 0.15) is 12.1 Å². The number of nitrogens with zero attached hydrogens (tertiary/aromatic N) is 3. The van der Waals surface area contributed by atoms with Crippen LogP contribution in [0.15, 0.2) is 55.0 Å². The number of carbonyl (C=O) groups excluding carboxylic acids is 1. The van der Waals surface area contributed by atoms with E-state index in [0.29, 0.717) is 22.6 Å². The molecule has 10 heteroatoms. The zero-order valence-corrected chi connectivity index (χ0v) is 20.1. The van der Waals surface area contributed by atoms with Crippen LogP contribution in [0.25, 0.3) is 21.1 Å². The van der Waals surface area contributed by atoms with E-state index in [1.54, 1.807) is 23.9 Å². The minimum absolute atomic E-state index is 0.0559. The molecule has 1 fully saturated rings. The summed E-state index contributed by atoms with van der Waals surface area (Å²) in [7, 11) is 0. The van der Waals surface area contributed by atoms with E-state index >= 15 is 0 Å². The normalized spacial score (nSPS) is 14.5. The first-order chi connectivity index (χ1) is 16.6. The minimum atomic E-state index is -0.156. The van der Waals surface area contributed by atoms with Gasteiger partial charge in [-0.25, -0.2) is 4.98 Å². The summed E-state index contributed by atoms with van der Waals surface area (Å²) in [6, 6.07) is 13.9. The van der Waals surface area contributed by atoms with Crippen LogP contribution in [-0.4, -0.2) is 45.7 Å². The topological polar surface area (TPSA) is 108 Å². The van der Waals surface area contributed by atoms with Crippen molar-refractivity contribution in [3.05, 3.63) is 71.1 Å². The number of rotatable bonds is 8. The third-order valence-electron chi connectivity index (χ3n) is 5.73. The standard InChI is InChI=1S/C24H24ClN7OS/c1-14(33)31-21-8-17(6-7-27-21)20-9-19(23(34-20)24-29-13-30-32-24)22(28-12-15-10-26-11-15)16-2-4-18(25)5-3-16/h2-9,13,15,22,26,28H,10-12H2,1H3,(H,27,31,33)(H,29,30,32). The van der Waals surface area contributed by atoms with Gasteiger partial charge in [0.05, 0.1) is 10.9 Å². The summed E-state index contributed by atoms with van der Waals surface area (Å²) in [5, 5.41) is 18.9. The molecule has 1 amide bonds. The van der Waals surface area contributed by atoms with Crippen LogP contribution in [-0.2, 0) is 4.79 Å². The molecule has 4 heterocycles. The van der Waals surface area contributed by atoms with E-state index in [2.05, 4.69) is 54.3 Å². The van der Waals surface area contributed by atoms with E-state index in [-0.39, 0.29) is 11.9 Å². The fourth-order valence-corrected chi connectivity index (χ4v) is 5.20. The molecular formula is C24H24ClN7OS. The minimum Gasteiger partial charge on any atom is -0.327 e. The van der Waals surface area contributed by atoms with Gasteiger partial charge in [-0.05, 0) is 52.9 Å². The Bertz CT molecular complexity index is 1270. The number of halogens is 1. The Morgan fingerprint density at radius 2 is 2.06 bits per heavy atom. The lowest BCUT2D eigenvalue weighted by molar-refractivity contribution is -0.114. The Labute approximate surface area is 206 Å². The molecule has 4 aromatic rings. The second kappa shape index (κ2) is 10.0. The monoisotopic (exact) mass is 493 g/mol. The van der Waals surface area contributed by atoms with Crippen LogP contribution in [0.1, 0.15) is 24.1 Å². The Hall–Kier alpha value is -3.11. The highest BCUT2D eigenvalue weighted by Gasteiger charge is 2.25. The van der Waals surface area contributed by atoms with Gasteiger partial charge in [0, 0.05) is 42.7 Å². The SMILES string of the molecule is CC(=O)Nc1cc(-c2cc(C(NCC3CNC3)c3ccc(Cl)cc3)c(-c3nnc[nH]3)s2)ccn1. The van der Waals surface area contributed by atoms with Gasteiger partial charge in [-0.3, -0.25) is 4.79 Å². The molecule has 0 aliphatic carbocycles. The number of benzene rings is 1. The number of aromatic nitrogens is 4. The maximum Gasteiger partial charge on any atom is 0.222 e. The summed E-state index contributed by atoms with van der Waals surface area (Å²) < 4.78 is 0. The van der Waals surface area contributed by atoms with Crippen molar-refractivity contribution in [2.75, 3.05) is 25.0 Å². The molecule has 1 aliphatic heterocycles. The number of thiophene rings is 1. The summed E-state index contributed by atoms with van der Waals surface area (Å²) >= 11 is 7.81. The molecular weight excluding hydrogens is 470 g/mol. The van der Waals surface area contributed by atoms with E-state index in [9.17, 15) is 4.79 Å². The molecule has 4 N–H and O–H groups in total. The highest BCUT2D eigenvalue weighted by atomic mass is 35.5. The molecule has 8 nitrogen and oxygen atoms in total. The van der Waals surface area contributed by atoms with Crippen molar-refractivity contribution in [2.24, 2.45) is 5.92 Å². The van der Waals surface area contributed by atoms with Gasteiger partial charge < -0.3 is 20.9 Å². The Morgan fingerprint density at radius 1 is 1.24 bits per heavy atom. The first-order valence-corrected chi connectivity index (χ1v) is 12.2. The predicted molar refractivity (Wildman–Crippen MR) is 135 cm³/mol. The van der Waals surface area contributed by atoms with E-state index in [1.165, 1.54) is 6.92 Å². The van der Waals surface area contributed by atoms with Crippen LogP contribution in [0.2, 0.25) is 5.02 Å². The summed E-state index contributed by atoms with van der Waals surface area (Å²) in [6.07, 6.45) is 3.29. The van der Waals surface area contributed by atoms with Crippen LogP contribution in [0, 0.1) is 5.92 Å². The quantitative estimate of drug-likeness (QED) is 0.294. The van der Waals surface area contributed by atoms with Crippen LogP contribution >= 0.6 is 22.9 Å². The molecule has 0 radical (unpaired) electrons. The number of hydrogen-bond acceptors (Lipinski definition) is 7. The molecule has 34 heavy (non-hydrogen) atoms. The number of pyridine rings is 1. The van der Waals surface area contributed by atoms with Crippen molar-refractivity contribution in [1.29, 1.82) is 0 Å². The number of amides is 1. The third-order valence-corrected chi connectivity index (χ3v) is 7.19. The maximum absolute atomic E-state index is 11.5. The van der Waals surface area contributed by atoms with Crippen molar-refractivity contribution < 1.29 is 4.79 Å². The van der Waals surface area contributed by atoms with Crippen LogP contribution < -0.4 is 16.0 Å². The Balaban J connectivity index is 1.58. The lowest BCUT2D eigenvalue weighted by Crippen LogP contribution is -2.47. The van der Waals surface area contributed by atoms with E-state index < -0.39 is 0 Å². The molecule has 0 bridgehead atoms. The van der Waals surface area contributed by atoms with Crippen molar-refractivity contribution in [3.63, 3.8) is 0 Å². The summed E-state index contributed by atoms with van der Waals surface area (Å²) in [5.41, 5.74) is 3.19. The average molecular weight is 494 g/mol. The highest BCUT2D eigenvalue weighted by molar-refractivity contribution is 7.19. The van der Waals surface area contributed by atoms with Gasteiger partial charge in [-0.15, -0.1) is 21.5 Å². The first kappa shape index (κ1) is 22.7. The van der Waals surface area contributed by atoms with Crippen LogP contribution in [0.4, 0.5) is 5.82 Å². The lowest BCUT2D eigenvalue weighted by atomic mass is 9.96. The van der Waals surface area contributed by atoms with Gasteiger partial charge in [0.15, 0.2) is 5.82 Å². The smallest absolute Gasteiger partial charge is 0.222 e. The lowest BCUT2D eigenvalue weighted by Gasteiger charge is -2.30. The number of H-pyrrole nitrogens is 1. The molecule has 5 rings (SSSR count). The van der Waals surface area contributed by atoms with Gasteiger partial charge in [-0.2, -0.15) is 0 Å². The largest absolute Gasteiger partial charge is 0.327 e. The number of hydrogen-bond donors (Lipinski definition) is 4. The molecule has 1 aromatic carbocycles. The molecule has 1 saturated heterocycles. The number of aromatic amines is 1. The zero-order chi connectivity index (χ0) is 23.5. The number of nitrogens with one attached hydrogen (secondary N) is 4. The fraction of sp³-hybridized carbons (Fsp3) is 0.250. The van der Waals surface area contributed by atoms with Crippen molar-refractivity contribution in [1.82, 2.24) is 30.8 Å². The van der Waals surface area contributed by atoms with Crippen molar-refractivity contribution in [2.45, 2.75) is 13.0 Å². The average Bonchev–Trinajstić information content (AvgIpc) is 3.46. The Morgan fingerprint density at radius 3 is 2.74 bits per heavy atom. The number of anilines is 1.